The van der Waals surface area contributed by atoms with Gasteiger partial charge < -0.3 is 9.80 Å². The normalized spacial score (nSPS) is 19.1. The number of carbonyl (C=O) groups is 3. The number of benzene rings is 1. The van der Waals surface area contributed by atoms with Gasteiger partial charge in [0.15, 0.2) is 0 Å². The van der Waals surface area contributed by atoms with Crippen molar-refractivity contribution in [1.29, 1.82) is 0 Å². The fraction of sp³-hybridized carbons (Fsp3) is 0.391. The van der Waals surface area contributed by atoms with Crippen molar-refractivity contribution in [2.75, 3.05) is 31.1 Å². The highest BCUT2D eigenvalue weighted by molar-refractivity contribution is 6.23. The van der Waals surface area contributed by atoms with Crippen molar-refractivity contribution >= 4 is 23.4 Å². The van der Waals surface area contributed by atoms with E-state index in [1.54, 1.807) is 24.5 Å². The van der Waals surface area contributed by atoms with E-state index >= 15 is 0 Å². The number of imide groups is 1. The van der Waals surface area contributed by atoms with E-state index in [2.05, 4.69) is 9.88 Å². The number of hydrogen-bond acceptors (Lipinski definition) is 5. The maximum Gasteiger partial charge on any atom is 0.263 e. The third-order valence-electron chi connectivity index (χ3n) is 6.43. The first-order valence-electron chi connectivity index (χ1n) is 10.6. The molecule has 1 aromatic carbocycles. The molecule has 7 nitrogen and oxygen atoms in total. The number of rotatable bonds is 4. The molecule has 0 spiro atoms. The lowest BCUT2D eigenvalue weighted by Crippen LogP contribution is -2.51. The molecule has 1 saturated heterocycles. The molecule has 3 amide bonds. The molecule has 3 aliphatic rings. The van der Waals surface area contributed by atoms with Gasteiger partial charge in [0.05, 0.1) is 23.4 Å². The second-order valence-corrected chi connectivity index (χ2v) is 8.20. The second-order valence-electron chi connectivity index (χ2n) is 8.20. The van der Waals surface area contributed by atoms with Gasteiger partial charge in [-0.25, -0.2) is 0 Å². The number of anilines is 1. The smallest absolute Gasteiger partial charge is 0.263 e. The molecule has 2 aliphatic heterocycles. The Bertz CT molecular complexity index is 995. The van der Waals surface area contributed by atoms with E-state index in [0.717, 1.165) is 30.5 Å². The van der Waals surface area contributed by atoms with E-state index in [0.29, 0.717) is 37.3 Å². The van der Waals surface area contributed by atoms with Crippen molar-refractivity contribution in [2.45, 2.75) is 25.8 Å². The first-order chi connectivity index (χ1) is 14.6. The van der Waals surface area contributed by atoms with Gasteiger partial charge in [-0.3, -0.25) is 24.3 Å². The summed E-state index contributed by atoms with van der Waals surface area (Å²) in [5.41, 5.74) is 2.53. The molecule has 0 radical (unpaired) electrons. The number of pyridine rings is 1. The molecule has 3 heterocycles. The third kappa shape index (κ3) is 3.14. The first-order valence-corrected chi connectivity index (χ1v) is 10.6. The minimum absolute atomic E-state index is 0.206. The summed E-state index contributed by atoms with van der Waals surface area (Å²) in [5.74, 6) is -0.0484. The maximum atomic E-state index is 13.2. The Hall–Kier alpha value is -3.22. The standard InChI is InChI=1S/C23H24N4O3/c28-21(17-5-1-6-17)26-12-10-25(11-13-26)19-8-2-7-18-20(19)23(30)27(22(18)29)15-16-4-3-9-24-14-16/h2-4,7-9,14,17H,1,5-6,10-13,15H2. The van der Waals surface area contributed by atoms with Gasteiger partial charge in [-0.15, -0.1) is 0 Å². The quantitative estimate of drug-likeness (QED) is 0.732. The molecule has 1 aromatic heterocycles. The van der Waals surface area contributed by atoms with Gasteiger partial charge in [0, 0.05) is 44.5 Å². The molecule has 0 N–H and O–H groups in total. The summed E-state index contributed by atoms with van der Waals surface area (Å²) in [6.45, 7) is 2.85. The zero-order valence-electron chi connectivity index (χ0n) is 16.8. The Morgan fingerprint density at radius 3 is 2.47 bits per heavy atom. The maximum absolute atomic E-state index is 13.2. The van der Waals surface area contributed by atoms with Crippen LogP contribution < -0.4 is 4.90 Å². The van der Waals surface area contributed by atoms with Crippen LogP contribution in [0.25, 0.3) is 0 Å². The predicted molar refractivity (Wildman–Crippen MR) is 111 cm³/mol. The van der Waals surface area contributed by atoms with E-state index in [1.165, 1.54) is 4.90 Å². The summed E-state index contributed by atoms with van der Waals surface area (Å²) in [6.07, 6.45) is 6.50. The number of nitrogens with zero attached hydrogens (tertiary/aromatic N) is 4. The van der Waals surface area contributed by atoms with Crippen molar-refractivity contribution in [3.63, 3.8) is 0 Å². The molecular formula is C23H24N4O3. The van der Waals surface area contributed by atoms with Crippen LogP contribution in [-0.2, 0) is 11.3 Å². The van der Waals surface area contributed by atoms with E-state index in [-0.39, 0.29) is 30.2 Å². The van der Waals surface area contributed by atoms with Crippen LogP contribution in [0.1, 0.15) is 45.5 Å². The first kappa shape index (κ1) is 18.8. The Morgan fingerprint density at radius 2 is 1.80 bits per heavy atom. The summed E-state index contributed by atoms with van der Waals surface area (Å²) in [6, 6.07) is 9.11. The van der Waals surface area contributed by atoms with Crippen molar-refractivity contribution in [2.24, 2.45) is 5.92 Å². The Kier molecular flexibility index (Phi) is 4.73. The molecule has 154 valence electrons. The largest absolute Gasteiger partial charge is 0.367 e. The summed E-state index contributed by atoms with van der Waals surface area (Å²) < 4.78 is 0. The number of amides is 3. The summed E-state index contributed by atoms with van der Waals surface area (Å²) in [7, 11) is 0. The zero-order chi connectivity index (χ0) is 20.7. The highest BCUT2D eigenvalue weighted by atomic mass is 16.2. The third-order valence-corrected chi connectivity index (χ3v) is 6.43. The van der Waals surface area contributed by atoms with E-state index in [4.69, 9.17) is 0 Å². The number of piperazine rings is 1. The molecule has 2 aromatic rings. The molecule has 0 bridgehead atoms. The molecule has 2 fully saturated rings. The highest BCUT2D eigenvalue weighted by Gasteiger charge is 2.39. The van der Waals surface area contributed by atoms with Crippen LogP contribution in [0.3, 0.4) is 0 Å². The van der Waals surface area contributed by atoms with Crippen LogP contribution in [0.2, 0.25) is 0 Å². The lowest BCUT2D eigenvalue weighted by atomic mass is 9.84. The lowest BCUT2D eigenvalue weighted by molar-refractivity contribution is -0.138. The van der Waals surface area contributed by atoms with Crippen LogP contribution in [0.5, 0.6) is 0 Å². The molecule has 1 aliphatic carbocycles. The van der Waals surface area contributed by atoms with Crippen LogP contribution in [0, 0.1) is 5.92 Å². The number of aromatic nitrogens is 1. The van der Waals surface area contributed by atoms with Gasteiger partial charge in [-0.2, -0.15) is 0 Å². The zero-order valence-corrected chi connectivity index (χ0v) is 16.8. The summed E-state index contributed by atoms with van der Waals surface area (Å²) >= 11 is 0. The number of fused-ring (bicyclic) bond motifs is 1. The molecule has 30 heavy (non-hydrogen) atoms. The minimum Gasteiger partial charge on any atom is -0.367 e. The molecular weight excluding hydrogens is 380 g/mol. The van der Waals surface area contributed by atoms with Gasteiger partial charge in [-0.05, 0) is 36.6 Å². The van der Waals surface area contributed by atoms with Crippen molar-refractivity contribution in [1.82, 2.24) is 14.8 Å². The predicted octanol–water partition coefficient (Wildman–Crippen LogP) is 2.33. The molecule has 7 heteroatoms. The number of hydrogen-bond donors (Lipinski definition) is 0. The molecule has 0 atom stereocenters. The van der Waals surface area contributed by atoms with Crippen LogP contribution in [0.15, 0.2) is 42.7 Å². The van der Waals surface area contributed by atoms with Gasteiger partial charge in [0.2, 0.25) is 5.91 Å². The summed E-state index contributed by atoms with van der Waals surface area (Å²) in [5, 5.41) is 0. The van der Waals surface area contributed by atoms with E-state index in [9.17, 15) is 14.4 Å². The van der Waals surface area contributed by atoms with Gasteiger partial charge >= 0.3 is 0 Å². The second kappa shape index (κ2) is 7.55. The fourth-order valence-electron chi connectivity index (χ4n) is 4.48. The minimum atomic E-state index is -0.264. The molecule has 0 unspecified atom stereocenters. The van der Waals surface area contributed by atoms with Crippen molar-refractivity contribution in [3.8, 4) is 0 Å². The van der Waals surface area contributed by atoms with Gasteiger partial charge in [0.1, 0.15) is 0 Å². The summed E-state index contributed by atoms with van der Waals surface area (Å²) in [4.78, 5) is 48.1. The van der Waals surface area contributed by atoms with Crippen LogP contribution >= 0.6 is 0 Å². The average Bonchev–Trinajstić information content (AvgIpc) is 2.98. The van der Waals surface area contributed by atoms with Crippen LogP contribution in [0.4, 0.5) is 5.69 Å². The Morgan fingerprint density at radius 1 is 1.00 bits per heavy atom. The fourth-order valence-corrected chi connectivity index (χ4v) is 4.48. The molecule has 5 rings (SSSR count). The topological polar surface area (TPSA) is 73.8 Å². The van der Waals surface area contributed by atoms with Crippen molar-refractivity contribution < 1.29 is 14.4 Å². The van der Waals surface area contributed by atoms with Crippen LogP contribution in [-0.4, -0.2) is 58.7 Å². The Labute approximate surface area is 175 Å². The van der Waals surface area contributed by atoms with Gasteiger partial charge in [-0.1, -0.05) is 18.6 Å². The van der Waals surface area contributed by atoms with E-state index in [1.807, 2.05) is 23.1 Å². The molecule has 1 saturated carbocycles. The lowest BCUT2D eigenvalue weighted by Gasteiger charge is -2.39. The van der Waals surface area contributed by atoms with E-state index < -0.39 is 0 Å². The SMILES string of the molecule is O=C(C1CCC1)N1CCN(c2cccc3c2C(=O)N(Cc2cccnc2)C3=O)CC1. The number of carbonyl (C=O) groups excluding carboxylic acids is 3. The van der Waals surface area contributed by atoms with Crippen molar-refractivity contribution in [3.05, 3.63) is 59.4 Å². The average molecular weight is 404 g/mol. The van der Waals surface area contributed by atoms with Gasteiger partial charge in [0.25, 0.3) is 11.8 Å². The monoisotopic (exact) mass is 404 g/mol. The highest BCUT2D eigenvalue weighted by Crippen LogP contribution is 2.34. The Balaban J connectivity index is 1.34.